The first-order chi connectivity index (χ1) is 16.3. The molecule has 1 aliphatic heterocycles. The van der Waals surface area contributed by atoms with Crippen LogP contribution in [0.4, 0.5) is 0 Å². The zero-order valence-electron chi connectivity index (χ0n) is 19.4. The van der Waals surface area contributed by atoms with Crippen LogP contribution in [0.25, 0.3) is 6.08 Å². The molecule has 184 valence electrons. The third-order valence-corrected chi connectivity index (χ3v) is 9.85. The summed E-state index contributed by atoms with van der Waals surface area (Å²) in [5, 5.41) is 0. The van der Waals surface area contributed by atoms with Crippen molar-refractivity contribution in [3.8, 4) is 0 Å². The van der Waals surface area contributed by atoms with Gasteiger partial charge < -0.3 is 4.74 Å². The maximum absolute atomic E-state index is 12.7. The van der Waals surface area contributed by atoms with Crippen molar-refractivity contribution in [3.63, 3.8) is 0 Å². The lowest BCUT2D eigenvalue weighted by Gasteiger charge is -2.56. The summed E-state index contributed by atoms with van der Waals surface area (Å²) in [6.45, 7) is 1.49. The molecule has 1 aromatic rings. The molecule has 5 fully saturated rings. The Morgan fingerprint density at radius 1 is 0.971 bits per heavy atom. The minimum Gasteiger partial charge on any atom is -0.379 e. The van der Waals surface area contributed by atoms with Crippen molar-refractivity contribution >= 4 is 27.9 Å². The Bertz CT molecular complexity index is 1030. The molecule has 4 saturated carbocycles. The van der Waals surface area contributed by atoms with E-state index in [0.29, 0.717) is 38.3 Å². The largest absolute Gasteiger partial charge is 0.379 e. The number of hydrogen-bond donors (Lipinski definition) is 2. The van der Waals surface area contributed by atoms with E-state index < -0.39 is 15.9 Å². The van der Waals surface area contributed by atoms with Gasteiger partial charge in [-0.1, -0.05) is 12.1 Å². The number of carbonyl (C=O) groups is 2. The second-order valence-corrected chi connectivity index (χ2v) is 12.5. The van der Waals surface area contributed by atoms with Crippen LogP contribution in [-0.4, -0.2) is 50.8 Å². The van der Waals surface area contributed by atoms with Gasteiger partial charge in [-0.2, -0.15) is 4.31 Å². The number of morpholine rings is 1. The monoisotopic (exact) mass is 487 g/mol. The summed E-state index contributed by atoms with van der Waals surface area (Å²) in [6.07, 6.45) is 10.9. The third kappa shape index (κ3) is 5.06. The highest BCUT2D eigenvalue weighted by atomic mass is 32.2. The lowest BCUT2D eigenvalue weighted by atomic mass is 9.49. The molecule has 8 nitrogen and oxygen atoms in total. The van der Waals surface area contributed by atoms with Gasteiger partial charge in [-0.05, 0) is 85.5 Å². The van der Waals surface area contributed by atoms with E-state index in [-0.39, 0.29) is 16.2 Å². The van der Waals surface area contributed by atoms with Crippen LogP contribution in [0.2, 0.25) is 0 Å². The van der Waals surface area contributed by atoms with Gasteiger partial charge in [-0.3, -0.25) is 20.4 Å². The number of hydrogen-bond acceptors (Lipinski definition) is 5. The molecule has 4 bridgehead atoms. The Kier molecular flexibility index (Phi) is 6.52. The predicted molar refractivity (Wildman–Crippen MR) is 127 cm³/mol. The number of sulfonamides is 1. The van der Waals surface area contributed by atoms with Crippen molar-refractivity contribution in [1.29, 1.82) is 0 Å². The summed E-state index contributed by atoms with van der Waals surface area (Å²) < 4.78 is 32.0. The molecule has 1 aromatic carbocycles. The summed E-state index contributed by atoms with van der Waals surface area (Å²) in [6, 6.07) is 6.39. The number of benzene rings is 1. The van der Waals surface area contributed by atoms with Crippen LogP contribution in [0.3, 0.4) is 0 Å². The Hall–Kier alpha value is -2.23. The molecule has 0 aromatic heterocycles. The summed E-state index contributed by atoms with van der Waals surface area (Å²) in [5.74, 6) is 1.80. The van der Waals surface area contributed by atoms with Crippen LogP contribution in [-0.2, 0) is 24.3 Å². The predicted octanol–water partition coefficient (Wildman–Crippen LogP) is 2.47. The first-order valence-electron chi connectivity index (χ1n) is 12.3. The van der Waals surface area contributed by atoms with Crippen LogP contribution in [0.1, 0.15) is 50.5 Å². The number of nitrogens with one attached hydrogen (secondary N) is 2. The van der Waals surface area contributed by atoms with Gasteiger partial charge in [0.1, 0.15) is 0 Å². The molecule has 0 unspecified atom stereocenters. The molecule has 2 amide bonds. The summed E-state index contributed by atoms with van der Waals surface area (Å²) in [5.41, 5.74) is 5.87. The molecule has 0 radical (unpaired) electrons. The second kappa shape index (κ2) is 9.43. The number of rotatable bonds is 6. The minimum absolute atomic E-state index is 0.124. The van der Waals surface area contributed by atoms with Gasteiger partial charge in [0.25, 0.3) is 5.91 Å². The molecular weight excluding hydrogens is 454 g/mol. The molecule has 0 spiro atoms. The molecule has 9 heteroatoms. The zero-order valence-corrected chi connectivity index (χ0v) is 20.2. The van der Waals surface area contributed by atoms with Crippen LogP contribution >= 0.6 is 0 Å². The van der Waals surface area contributed by atoms with Crippen molar-refractivity contribution in [2.45, 2.75) is 49.8 Å². The van der Waals surface area contributed by atoms with E-state index in [9.17, 15) is 18.0 Å². The highest BCUT2D eigenvalue weighted by Crippen LogP contribution is 2.61. The van der Waals surface area contributed by atoms with Crippen LogP contribution in [0.15, 0.2) is 35.2 Å². The van der Waals surface area contributed by atoms with Gasteiger partial charge in [0.05, 0.1) is 18.1 Å². The van der Waals surface area contributed by atoms with Gasteiger partial charge in [0, 0.05) is 25.6 Å². The van der Waals surface area contributed by atoms with Crippen LogP contribution in [0.5, 0.6) is 0 Å². The zero-order chi connectivity index (χ0) is 23.8. The lowest BCUT2D eigenvalue weighted by Crippen LogP contribution is -2.49. The Labute approximate surface area is 201 Å². The highest BCUT2D eigenvalue weighted by molar-refractivity contribution is 7.89. The molecule has 1 saturated heterocycles. The van der Waals surface area contributed by atoms with E-state index >= 15 is 0 Å². The first-order valence-corrected chi connectivity index (χ1v) is 13.7. The molecule has 1 heterocycles. The van der Waals surface area contributed by atoms with Gasteiger partial charge >= 0.3 is 0 Å². The topological polar surface area (TPSA) is 105 Å². The molecule has 6 rings (SSSR count). The third-order valence-electron chi connectivity index (χ3n) is 7.94. The van der Waals surface area contributed by atoms with Crippen molar-refractivity contribution in [3.05, 3.63) is 35.9 Å². The standard InChI is InChI=1S/C25H33N3O5S/c29-23(26-27-24(30)17-25-14-19-11-20(15-25)13-21(12-19)16-25)6-3-18-1-4-22(5-2-18)34(31,32)28-7-9-33-10-8-28/h1-6,19-21H,7-17H2,(H,26,29)(H,27,30)/b6-3+. The van der Waals surface area contributed by atoms with E-state index in [1.54, 1.807) is 18.2 Å². The number of carbonyl (C=O) groups excluding carboxylic acids is 2. The van der Waals surface area contributed by atoms with Gasteiger partial charge in [0.15, 0.2) is 0 Å². The van der Waals surface area contributed by atoms with E-state index in [2.05, 4.69) is 10.9 Å². The summed E-state index contributed by atoms with van der Waals surface area (Å²) in [7, 11) is -3.55. The molecule has 5 aliphatic rings. The van der Waals surface area contributed by atoms with Gasteiger partial charge in [-0.25, -0.2) is 8.42 Å². The average molecular weight is 488 g/mol. The second-order valence-electron chi connectivity index (χ2n) is 10.6. The number of nitrogens with zero attached hydrogens (tertiary/aromatic N) is 1. The molecule has 34 heavy (non-hydrogen) atoms. The fourth-order valence-corrected chi connectivity index (χ4v) is 8.33. The summed E-state index contributed by atoms with van der Waals surface area (Å²) >= 11 is 0. The molecule has 2 N–H and O–H groups in total. The quantitative estimate of drug-likeness (QED) is 0.474. The van der Waals surface area contributed by atoms with E-state index in [1.807, 2.05) is 0 Å². The normalized spacial score (nSPS) is 31.0. The van der Waals surface area contributed by atoms with Crippen molar-refractivity contribution in [2.75, 3.05) is 26.3 Å². The lowest BCUT2D eigenvalue weighted by molar-refractivity contribution is -0.133. The fraction of sp³-hybridized carbons (Fsp3) is 0.600. The fourth-order valence-electron chi connectivity index (χ4n) is 6.92. The van der Waals surface area contributed by atoms with Crippen LogP contribution < -0.4 is 10.9 Å². The SMILES string of the molecule is O=C(/C=C/c1ccc(S(=O)(=O)N2CCOCC2)cc1)NNC(=O)CC12CC3CC(CC(C3)C1)C2. The molecule has 0 atom stereocenters. The van der Waals surface area contributed by atoms with Crippen LogP contribution in [0, 0.1) is 23.2 Å². The smallest absolute Gasteiger partial charge is 0.262 e. The maximum Gasteiger partial charge on any atom is 0.262 e. The Balaban J connectivity index is 1.10. The number of ether oxygens (including phenoxy) is 1. The average Bonchev–Trinajstić information content (AvgIpc) is 2.81. The van der Waals surface area contributed by atoms with E-state index in [0.717, 1.165) is 37.0 Å². The molecular formula is C25H33N3O5S. The summed E-state index contributed by atoms with van der Waals surface area (Å²) in [4.78, 5) is 25.0. The molecule has 4 aliphatic carbocycles. The highest BCUT2D eigenvalue weighted by Gasteiger charge is 2.51. The van der Waals surface area contributed by atoms with Gasteiger partial charge in [0.2, 0.25) is 15.9 Å². The first kappa shape index (κ1) is 23.5. The maximum atomic E-state index is 12.7. The van der Waals surface area contributed by atoms with E-state index in [1.165, 1.54) is 41.8 Å². The van der Waals surface area contributed by atoms with Crippen molar-refractivity contribution < 1.29 is 22.7 Å². The number of hydrazine groups is 1. The minimum atomic E-state index is -3.55. The van der Waals surface area contributed by atoms with E-state index in [4.69, 9.17) is 4.74 Å². The Morgan fingerprint density at radius 3 is 2.15 bits per heavy atom. The van der Waals surface area contributed by atoms with Crippen molar-refractivity contribution in [2.24, 2.45) is 23.2 Å². The Morgan fingerprint density at radius 2 is 1.56 bits per heavy atom. The van der Waals surface area contributed by atoms with Crippen molar-refractivity contribution in [1.82, 2.24) is 15.2 Å². The van der Waals surface area contributed by atoms with Gasteiger partial charge in [-0.15, -0.1) is 0 Å². The number of amides is 2.